The van der Waals surface area contributed by atoms with Crippen molar-refractivity contribution < 1.29 is 22.7 Å². The molecule has 2 aromatic carbocycles. The molecule has 194 valence electrons. The van der Waals surface area contributed by atoms with Gasteiger partial charge in [0.2, 0.25) is 5.91 Å². The third-order valence-electron chi connectivity index (χ3n) is 7.08. The summed E-state index contributed by atoms with van der Waals surface area (Å²) in [5.41, 5.74) is -0.0208. The number of hydrogen-bond donors (Lipinski definition) is 1. The first-order chi connectivity index (χ1) is 17.2. The molecule has 0 bridgehead atoms. The number of nitroso groups, excluding NO2 is 1. The quantitative estimate of drug-likeness (QED) is 0.273. The number of halogens is 4. The molecular formula is C26H29F3IN3O3. The molecule has 6 nitrogen and oxygen atoms in total. The number of likely N-dealkylation sites (tertiary alicyclic amines) is 1. The highest BCUT2D eigenvalue weighted by Gasteiger charge is 2.35. The van der Waals surface area contributed by atoms with E-state index in [4.69, 9.17) is 4.74 Å². The smallest absolute Gasteiger partial charge is 0.382 e. The lowest BCUT2D eigenvalue weighted by Gasteiger charge is -2.33. The van der Waals surface area contributed by atoms with E-state index in [-0.39, 0.29) is 24.7 Å². The summed E-state index contributed by atoms with van der Waals surface area (Å²) in [7, 11) is 0. The van der Waals surface area contributed by atoms with E-state index < -0.39 is 17.4 Å². The molecule has 1 heterocycles. The van der Waals surface area contributed by atoms with Crippen LogP contribution in [0.15, 0.2) is 47.6 Å². The van der Waals surface area contributed by atoms with E-state index >= 15 is 0 Å². The first-order valence-corrected chi connectivity index (χ1v) is 13.3. The summed E-state index contributed by atoms with van der Waals surface area (Å²) >= 11 is 2.30. The molecule has 1 saturated carbocycles. The van der Waals surface area contributed by atoms with Crippen molar-refractivity contribution in [1.29, 1.82) is 0 Å². The fourth-order valence-corrected chi connectivity index (χ4v) is 5.38. The Balaban J connectivity index is 1.19. The molecule has 1 saturated heterocycles. The maximum atomic E-state index is 13.2. The normalized spacial score (nSPS) is 21.3. The van der Waals surface area contributed by atoms with Crippen LogP contribution in [0.4, 0.5) is 24.5 Å². The number of hydrogen-bond acceptors (Lipinski definition) is 5. The van der Waals surface area contributed by atoms with Crippen LogP contribution in [0.25, 0.3) is 0 Å². The zero-order chi connectivity index (χ0) is 25.7. The number of nitrogens with zero attached hydrogens (tertiary/aromatic N) is 2. The van der Waals surface area contributed by atoms with Gasteiger partial charge in [0.15, 0.2) is 0 Å². The summed E-state index contributed by atoms with van der Waals surface area (Å²) in [5, 5.41) is 5.61. The van der Waals surface area contributed by atoms with Gasteiger partial charge < -0.3 is 15.0 Å². The molecule has 1 aliphatic heterocycles. The first-order valence-electron chi connectivity index (χ1n) is 12.2. The SMILES string of the molecule is O=Nc1ccc(NC2CCC(OCC(=O)N3CCC(c4ccc(I)cc4)CC3)CC2)cc1C(F)(F)F. The Hall–Kier alpha value is -2.21. The van der Waals surface area contributed by atoms with E-state index in [1.54, 1.807) is 0 Å². The van der Waals surface area contributed by atoms with Gasteiger partial charge in [0.05, 0.1) is 11.7 Å². The fraction of sp³-hybridized carbons (Fsp3) is 0.500. The fourth-order valence-electron chi connectivity index (χ4n) is 5.02. The van der Waals surface area contributed by atoms with Gasteiger partial charge >= 0.3 is 6.18 Å². The van der Waals surface area contributed by atoms with Crippen molar-refractivity contribution in [2.24, 2.45) is 5.18 Å². The molecule has 0 unspecified atom stereocenters. The second kappa shape index (κ2) is 11.9. The topological polar surface area (TPSA) is 71.0 Å². The lowest BCUT2D eigenvalue weighted by Crippen LogP contribution is -2.41. The van der Waals surface area contributed by atoms with Gasteiger partial charge in [-0.1, -0.05) is 12.1 Å². The lowest BCUT2D eigenvalue weighted by atomic mass is 9.89. The number of amides is 1. The van der Waals surface area contributed by atoms with Crippen LogP contribution >= 0.6 is 22.6 Å². The van der Waals surface area contributed by atoms with Crippen LogP contribution in [0.3, 0.4) is 0 Å². The Kier molecular flexibility index (Phi) is 8.87. The minimum absolute atomic E-state index is 0.00280. The van der Waals surface area contributed by atoms with E-state index in [2.05, 4.69) is 57.4 Å². The molecule has 0 radical (unpaired) electrons. The number of anilines is 1. The molecule has 0 spiro atoms. The molecule has 0 aromatic heterocycles. The maximum absolute atomic E-state index is 13.2. The number of ether oxygens (including phenoxy) is 1. The molecule has 2 fully saturated rings. The molecule has 2 aromatic rings. The van der Waals surface area contributed by atoms with Crippen molar-refractivity contribution in [3.05, 3.63) is 62.1 Å². The Morgan fingerprint density at radius 1 is 1.03 bits per heavy atom. The highest BCUT2D eigenvalue weighted by Crippen LogP contribution is 2.38. The van der Waals surface area contributed by atoms with E-state index in [0.717, 1.165) is 63.7 Å². The first kappa shape index (κ1) is 26.8. The van der Waals surface area contributed by atoms with Gasteiger partial charge in [-0.05, 0) is 108 Å². The third-order valence-corrected chi connectivity index (χ3v) is 7.80. The monoisotopic (exact) mass is 615 g/mol. The van der Waals surface area contributed by atoms with Crippen LogP contribution in [0.2, 0.25) is 0 Å². The molecule has 1 N–H and O–H groups in total. The van der Waals surface area contributed by atoms with Crippen LogP contribution in [0.5, 0.6) is 0 Å². The lowest BCUT2D eigenvalue weighted by molar-refractivity contribution is -0.140. The van der Waals surface area contributed by atoms with Crippen LogP contribution in [0, 0.1) is 8.48 Å². The Morgan fingerprint density at radius 2 is 1.69 bits per heavy atom. The zero-order valence-corrected chi connectivity index (χ0v) is 21.9. The standard InChI is InChI=1S/C26H29F3IN3O3/c27-26(28,29)23-15-21(7-10-24(23)32-35)31-20-5-8-22(9-6-20)36-16-25(34)33-13-11-18(12-14-33)17-1-3-19(30)4-2-17/h1-4,7,10,15,18,20,22,31H,5-6,8-9,11-14,16H2. The number of rotatable bonds is 7. The van der Waals surface area contributed by atoms with Crippen molar-refractivity contribution in [3.8, 4) is 0 Å². The Bertz CT molecular complexity index is 1050. The molecule has 4 rings (SSSR count). The molecule has 1 amide bonds. The number of nitrogens with one attached hydrogen (secondary N) is 1. The van der Waals surface area contributed by atoms with Gasteiger partial charge in [0.1, 0.15) is 12.3 Å². The van der Waals surface area contributed by atoms with Crippen LogP contribution in [-0.2, 0) is 15.7 Å². The van der Waals surface area contributed by atoms with Crippen molar-refractivity contribution in [2.45, 2.75) is 62.8 Å². The van der Waals surface area contributed by atoms with E-state index in [0.29, 0.717) is 11.6 Å². The molecule has 1 aliphatic carbocycles. The number of piperidine rings is 1. The summed E-state index contributed by atoms with van der Waals surface area (Å²) in [6, 6.07) is 12.0. The zero-order valence-electron chi connectivity index (χ0n) is 19.8. The van der Waals surface area contributed by atoms with Crippen LogP contribution < -0.4 is 5.32 Å². The van der Waals surface area contributed by atoms with E-state index in [9.17, 15) is 22.9 Å². The second-order valence-electron chi connectivity index (χ2n) is 9.46. The summed E-state index contributed by atoms with van der Waals surface area (Å²) in [5.74, 6) is 0.493. The second-order valence-corrected chi connectivity index (χ2v) is 10.7. The van der Waals surface area contributed by atoms with Crippen LogP contribution in [-0.4, -0.2) is 42.6 Å². The summed E-state index contributed by atoms with van der Waals surface area (Å²) in [6.07, 6.45) is 0.0919. The minimum atomic E-state index is -4.64. The maximum Gasteiger partial charge on any atom is 0.418 e. The molecule has 10 heteroatoms. The van der Waals surface area contributed by atoms with E-state index in [1.165, 1.54) is 15.2 Å². The number of carbonyl (C=O) groups is 1. The summed E-state index contributed by atoms with van der Waals surface area (Å²) in [6.45, 7) is 1.52. The number of benzene rings is 2. The van der Waals surface area contributed by atoms with Gasteiger partial charge in [-0.25, -0.2) is 0 Å². The Morgan fingerprint density at radius 3 is 2.31 bits per heavy atom. The van der Waals surface area contributed by atoms with Gasteiger partial charge in [-0.15, -0.1) is 4.91 Å². The third kappa shape index (κ3) is 6.96. The van der Waals surface area contributed by atoms with Crippen molar-refractivity contribution in [3.63, 3.8) is 0 Å². The summed E-state index contributed by atoms with van der Waals surface area (Å²) in [4.78, 5) is 25.2. The predicted molar refractivity (Wildman–Crippen MR) is 140 cm³/mol. The van der Waals surface area contributed by atoms with Crippen LogP contribution in [0.1, 0.15) is 55.6 Å². The van der Waals surface area contributed by atoms with Gasteiger partial charge in [0, 0.05) is 28.4 Å². The van der Waals surface area contributed by atoms with Crippen molar-refractivity contribution in [1.82, 2.24) is 4.90 Å². The van der Waals surface area contributed by atoms with Gasteiger partial charge in [-0.2, -0.15) is 13.2 Å². The minimum Gasteiger partial charge on any atom is -0.382 e. The number of alkyl halides is 3. The predicted octanol–water partition coefficient (Wildman–Crippen LogP) is 6.85. The highest BCUT2D eigenvalue weighted by molar-refractivity contribution is 14.1. The van der Waals surface area contributed by atoms with Gasteiger partial charge in [-0.3, -0.25) is 4.79 Å². The van der Waals surface area contributed by atoms with E-state index in [1.807, 2.05) is 4.90 Å². The highest BCUT2D eigenvalue weighted by atomic mass is 127. The average Bonchev–Trinajstić information content (AvgIpc) is 2.88. The molecule has 2 aliphatic rings. The average molecular weight is 615 g/mol. The largest absolute Gasteiger partial charge is 0.418 e. The molecule has 0 atom stereocenters. The number of carbonyl (C=O) groups excluding carboxylic acids is 1. The van der Waals surface area contributed by atoms with Crippen molar-refractivity contribution >= 4 is 39.9 Å². The van der Waals surface area contributed by atoms with Crippen molar-refractivity contribution in [2.75, 3.05) is 25.0 Å². The summed E-state index contributed by atoms with van der Waals surface area (Å²) < 4.78 is 46.6. The molecule has 36 heavy (non-hydrogen) atoms. The van der Waals surface area contributed by atoms with Gasteiger partial charge in [0.25, 0.3) is 0 Å². The Labute approximate surface area is 222 Å². The molecular weight excluding hydrogens is 586 g/mol.